The molecule has 1 aromatic heterocycles. The Hall–Kier alpha value is -3.34. The summed E-state index contributed by atoms with van der Waals surface area (Å²) < 4.78 is 10.5. The summed E-state index contributed by atoms with van der Waals surface area (Å²) in [5, 5.41) is 3.96. The van der Waals surface area contributed by atoms with Crippen molar-refractivity contribution >= 4 is 22.9 Å². The molecule has 0 bridgehead atoms. The summed E-state index contributed by atoms with van der Waals surface area (Å²) >= 11 is 0. The summed E-state index contributed by atoms with van der Waals surface area (Å²) in [7, 11) is 3.21. The van der Waals surface area contributed by atoms with Crippen LogP contribution in [0, 0.1) is 0 Å². The van der Waals surface area contributed by atoms with E-state index in [0.29, 0.717) is 24.5 Å². The molecule has 5 heteroatoms. The Bertz CT molecular complexity index is 967. The molecule has 27 heavy (non-hydrogen) atoms. The van der Waals surface area contributed by atoms with Gasteiger partial charge in [-0.05, 0) is 42.3 Å². The molecule has 0 fully saturated rings. The first-order valence-electron chi connectivity index (χ1n) is 8.72. The third-order valence-corrected chi connectivity index (χ3v) is 4.19. The predicted molar refractivity (Wildman–Crippen MR) is 107 cm³/mol. The van der Waals surface area contributed by atoms with E-state index in [-0.39, 0.29) is 5.91 Å². The van der Waals surface area contributed by atoms with Crippen LogP contribution in [0.1, 0.15) is 11.3 Å². The number of amides is 1. The lowest BCUT2D eigenvalue weighted by atomic mass is 10.1. The van der Waals surface area contributed by atoms with Crippen LogP contribution in [0.3, 0.4) is 0 Å². The van der Waals surface area contributed by atoms with Gasteiger partial charge in [0, 0.05) is 18.0 Å². The number of carbonyl (C=O) groups excluding carboxylic acids is 1. The van der Waals surface area contributed by atoms with Gasteiger partial charge in [0.05, 0.1) is 25.4 Å². The van der Waals surface area contributed by atoms with E-state index in [2.05, 4.69) is 10.3 Å². The minimum atomic E-state index is -0.148. The maximum Gasteiger partial charge on any atom is 0.244 e. The molecule has 0 aliphatic heterocycles. The Morgan fingerprint density at radius 2 is 1.85 bits per heavy atom. The number of rotatable bonds is 7. The number of carbonyl (C=O) groups is 1. The number of fused-ring (bicyclic) bond motifs is 1. The third-order valence-electron chi connectivity index (χ3n) is 4.19. The SMILES string of the molecule is COc1ccc(CCNC(=O)C=Cc2ccc3ccccc3n2)cc1OC. The second-order valence-corrected chi connectivity index (χ2v) is 5.99. The highest BCUT2D eigenvalue weighted by molar-refractivity contribution is 5.91. The van der Waals surface area contributed by atoms with Crippen molar-refractivity contribution < 1.29 is 14.3 Å². The van der Waals surface area contributed by atoms with Gasteiger partial charge in [-0.15, -0.1) is 0 Å². The second kappa shape index (κ2) is 8.85. The molecule has 0 radical (unpaired) electrons. The number of benzene rings is 2. The quantitative estimate of drug-likeness (QED) is 0.652. The number of pyridine rings is 1. The maximum absolute atomic E-state index is 12.0. The lowest BCUT2D eigenvalue weighted by Crippen LogP contribution is -2.23. The molecular weight excluding hydrogens is 340 g/mol. The van der Waals surface area contributed by atoms with Crippen LogP contribution in [0.15, 0.2) is 60.7 Å². The number of nitrogens with zero attached hydrogens (tertiary/aromatic N) is 1. The van der Waals surface area contributed by atoms with Crippen molar-refractivity contribution in [1.29, 1.82) is 0 Å². The molecule has 0 saturated heterocycles. The maximum atomic E-state index is 12.0. The van der Waals surface area contributed by atoms with Gasteiger partial charge in [0.15, 0.2) is 11.5 Å². The highest BCUT2D eigenvalue weighted by atomic mass is 16.5. The zero-order valence-corrected chi connectivity index (χ0v) is 15.4. The van der Waals surface area contributed by atoms with Crippen LogP contribution in [0.4, 0.5) is 0 Å². The first-order chi connectivity index (χ1) is 13.2. The number of hydrogen-bond acceptors (Lipinski definition) is 4. The van der Waals surface area contributed by atoms with Gasteiger partial charge in [0.25, 0.3) is 0 Å². The van der Waals surface area contributed by atoms with E-state index >= 15 is 0 Å². The van der Waals surface area contributed by atoms with Gasteiger partial charge in [-0.25, -0.2) is 4.98 Å². The zero-order valence-electron chi connectivity index (χ0n) is 15.4. The smallest absolute Gasteiger partial charge is 0.244 e. The highest BCUT2D eigenvalue weighted by Gasteiger charge is 2.05. The third kappa shape index (κ3) is 4.85. The topological polar surface area (TPSA) is 60.5 Å². The first kappa shape index (κ1) is 18.5. The molecule has 0 atom stereocenters. The molecule has 138 valence electrons. The van der Waals surface area contributed by atoms with Gasteiger partial charge in [0.1, 0.15) is 0 Å². The Morgan fingerprint density at radius 3 is 2.67 bits per heavy atom. The fourth-order valence-electron chi connectivity index (χ4n) is 2.76. The number of ether oxygens (including phenoxy) is 2. The molecule has 1 N–H and O–H groups in total. The number of nitrogens with one attached hydrogen (secondary N) is 1. The van der Waals surface area contributed by atoms with E-state index in [1.165, 1.54) is 6.08 Å². The van der Waals surface area contributed by atoms with Crippen LogP contribution in [0.2, 0.25) is 0 Å². The van der Waals surface area contributed by atoms with Gasteiger partial charge >= 0.3 is 0 Å². The van der Waals surface area contributed by atoms with Gasteiger partial charge in [-0.3, -0.25) is 4.79 Å². The van der Waals surface area contributed by atoms with Crippen molar-refractivity contribution in [3.63, 3.8) is 0 Å². The molecule has 1 heterocycles. The Labute approximate surface area is 158 Å². The van der Waals surface area contributed by atoms with E-state index in [1.807, 2.05) is 54.6 Å². The minimum Gasteiger partial charge on any atom is -0.493 e. The van der Waals surface area contributed by atoms with E-state index in [0.717, 1.165) is 22.2 Å². The lowest BCUT2D eigenvalue weighted by molar-refractivity contribution is -0.116. The fraction of sp³-hybridized carbons (Fsp3) is 0.182. The molecule has 5 nitrogen and oxygen atoms in total. The zero-order chi connectivity index (χ0) is 19.1. The summed E-state index contributed by atoms with van der Waals surface area (Å²) in [6, 6.07) is 17.5. The van der Waals surface area contributed by atoms with E-state index in [1.54, 1.807) is 20.3 Å². The van der Waals surface area contributed by atoms with Crippen LogP contribution in [-0.2, 0) is 11.2 Å². The predicted octanol–water partition coefficient (Wildman–Crippen LogP) is 3.62. The fourth-order valence-corrected chi connectivity index (χ4v) is 2.76. The van der Waals surface area contributed by atoms with Crippen molar-refractivity contribution in [3.05, 3.63) is 71.9 Å². The summed E-state index contributed by atoms with van der Waals surface area (Å²) in [6.45, 7) is 0.532. The highest BCUT2D eigenvalue weighted by Crippen LogP contribution is 2.27. The Morgan fingerprint density at radius 1 is 1.04 bits per heavy atom. The van der Waals surface area contributed by atoms with Crippen molar-refractivity contribution in [2.45, 2.75) is 6.42 Å². The van der Waals surface area contributed by atoms with Crippen molar-refractivity contribution in [3.8, 4) is 11.5 Å². The lowest BCUT2D eigenvalue weighted by Gasteiger charge is -2.09. The Balaban J connectivity index is 1.54. The summed E-state index contributed by atoms with van der Waals surface area (Å²) in [5.41, 5.74) is 2.73. The van der Waals surface area contributed by atoms with Crippen LogP contribution < -0.4 is 14.8 Å². The van der Waals surface area contributed by atoms with Gasteiger partial charge in [-0.2, -0.15) is 0 Å². The van der Waals surface area contributed by atoms with Gasteiger partial charge in [-0.1, -0.05) is 30.3 Å². The summed E-state index contributed by atoms with van der Waals surface area (Å²) in [5.74, 6) is 1.23. The minimum absolute atomic E-state index is 0.148. The van der Waals surface area contributed by atoms with Crippen LogP contribution in [-0.4, -0.2) is 31.7 Å². The molecule has 2 aromatic carbocycles. The monoisotopic (exact) mass is 362 g/mol. The van der Waals surface area contributed by atoms with Crippen molar-refractivity contribution in [1.82, 2.24) is 10.3 Å². The first-order valence-corrected chi connectivity index (χ1v) is 8.72. The standard InChI is InChI=1S/C22H22N2O3/c1-26-20-11-7-16(15-21(20)27-2)13-14-23-22(25)12-10-18-9-8-17-5-3-4-6-19(17)24-18/h3-12,15H,13-14H2,1-2H3,(H,23,25). The van der Waals surface area contributed by atoms with Gasteiger partial charge < -0.3 is 14.8 Å². The summed E-state index contributed by atoms with van der Waals surface area (Å²) in [6.07, 6.45) is 3.93. The molecule has 0 aliphatic carbocycles. The number of methoxy groups -OCH3 is 2. The van der Waals surface area contributed by atoms with Crippen LogP contribution in [0.25, 0.3) is 17.0 Å². The van der Waals surface area contributed by atoms with Gasteiger partial charge in [0.2, 0.25) is 5.91 Å². The molecule has 1 amide bonds. The van der Waals surface area contributed by atoms with E-state index in [9.17, 15) is 4.79 Å². The average molecular weight is 362 g/mol. The van der Waals surface area contributed by atoms with Crippen LogP contribution in [0.5, 0.6) is 11.5 Å². The molecular formula is C22H22N2O3. The van der Waals surface area contributed by atoms with Crippen LogP contribution >= 0.6 is 0 Å². The largest absolute Gasteiger partial charge is 0.493 e. The number of para-hydroxylation sites is 1. The number of hydrogen-bond donors (Lipinski definition) is 1. The van der Waals surface area contributed by atoms with Crippen molar-refractivity contribution in [2.75, 3.05) is 20.8 Å². The average Bonchev–Trinajstić information content (AvgIpc) is 2.72. The Kier molecular flexibility index (Phi) is 6.05. The molecule has 0 spiro atoms. The molecule has 0 aliphatic rings. The molecule has 0 unspecified atom stereocenters. The second-order valence-electron chi connectivity index (χ2n) is 5.99. The normalized spacial score (nSPS) is 10.9. The van der Waals surface area contributed by atoms with E-state index in [4.69, 9.17) is 9.47 Å². The summed E-state index contributed by atoms with van der Waals surface area (Å²) in [4.78, 5) is 16.5. The molecule has 3 aromatic rings. The molecule has 3 rings (SSSR count). The number of aromatic nitrogens is 1. The van der Waals surface area contributed by atoms with E-state index < -0.39 is 0 Å². The van der Waals surface area contributed by atoms with Crippen molar-refractivity contribution in [2.24, 2.45) is 0 Å². The molecule has 0 saturated carbocycles.